The zero-order valence-electron chi connectivity index (χ0n) is 11.4. The second-order valence-electron chi connectivity index (χ2n) is 4.73. The molecular formula is C13H24BrN3. The Morgan fingerprint density at radius 2 is 2.06 bits per heavy atom. The van der Waals surface area contributed by atoms with E-state index in [1.807, 2.05) is 0 Å². The summed E-state index contributed by atoms with van der Waals surface area (Å²) in [5.41, 5.74) is 1.16. The summed E-state index contributed by atoms with van der Waals surface area (Å²) in [4.78, 5) is 2.81. The summed E-state index contributed by atoms with van der Waals surface area (Å²) in [6.45, 7) is 8.56. The van der Waals surface area contributed by atoms with E-state index in [-0.39, 0.29) is 0 Å². The van der Waals surface area contributed by atoms with Crippen LogP contribution in [0.4, 0.5) is 0 Å². The Bertz CT molecular complexity index is 318. The van der Waals surface area contributed by atoms with Gasteiger partial charge < -0.3 is 0 Å². The molecule has 0 N–H and O–H groups in total. The lowest BCUT2D eigenvalue weighted by Crippen LogP contribution is -2.24. The number of hydrogen-bond donors (Lipinski definition) is 0. The fourth-order valence-corrected chi connectivity index (χ4v) is 2.59. The Hall–Kier alpha value is -0.350. The number of aromatic nitrogens is 2. The van der Waals surface area contributed by atoms with E-state index in [0.717, 1.165) is 31.6 Å². The summed E-state index contributed by atoms with van der Waals surface area (Å²) in [5, 5.41) is 4.66. The van der Waals surface area contributed by atoms with E-state index in [9.17, 15) is 0 Å². The third-order valence-electron chi connectivity index (χ3n) is 2.98. The zero-order chi connectivity index (χ0) is 12.8. The number of rotatable bonds is 7. The van der Waals surface area contributed by atoms with Gasteiger partial charge in [0.05, 0.1) is 11.7 Å². The standard InChI is InChI=1S/C13H24BrN3/c1-5-13(6-2)17-8-7-12(15-17)10-16(4)9-11(3)14/h7-8,11,13H,5-6,9-10H2,1-4H3. The highest BCUT2D eigenvalue weighted by atomic mass is 79.9. The van der Waals surface area contributed by atoms with Gasteiger partial charge in [0.15, 0.2) is 0 Å². The fraction of sp³-hybridized carbons (Fsp3) is 0.769. The lowest BCUT2D eigenvalue weighted by molar-refractivity contribution is 0.324. The smallest absolute Gasteiger partial charge is 0.0764 e. The molecule has 4 heteroatoms. The maximum atomic E-state index is 4.66. The molecule has 0 amide bonds. The van der Waals surface area contributed by atoms with Crippen molar-refractivity contribution in [3.63, 3.8) is 0 Å². The molecule has 1 unspecified atom stereocenters. The summed E-state index contributed by atoms with van der Waals surface area (Å²) in [6, 6.07) is 2.68. The number of hydrogen-bond acceptors (Lipinski definition) is 2. The molecular weight excluding hydrogens is 278 g/mol. The molecule has 1 heterocycles. The molecule has 0 aliphatic rings. The minimum Gasteiger partial charge on any atom is -0.299 e. The Labute approximate surface area is 113 Å². The molecule has 0 aromatic carbocycles. The van der Waals surface area contributed by atoms with Gasteiger partial charge in [-0.1, -0.05) is 36.7 Å². The Kier molecular flexibility index (Phi) is 6.20. The first-order valence-corrected chi connectivity index (χ1v) is 7.35. The molecule has 0 radical (unpaired) electrons. The van der Waals surface area contributed by atoms with E-state index in [0.29, 0.717) is 10.9 Å². The molecule has 0 saturated carbocycles. The minimum atomic E-state index is 0.522. The van der Waals surface area contributed by atoms with E-state index < -0.39 is 0 Å². The van der Waals surface area contributed by atoms with Gasteiger partial charge in [0.2, 0.25) is 0 Å². The van der Waals surface area contributed by atoms with Crippen LogP contribution in [0.3, 0.4) is 0 Å². The third kappa shape index (κ3) is 4.80. The van der Waals surface area contributed by atoms with Gasteiger partial charge in [-0.25, -0.2) is 0 Å². The van der Waals surface area contributed by atoms with E-state index in [1.165, 1.54) is 0 Å². The zero-order valence-corrected chi connectivity index (χ0v) is 12.9. The van der Waals surface area contributed by atoms with Crippen LogP contribution in [-0.2, 0) is 6.54 Å². The highest BCUT2D eigenvalue weighted by molar-refractivity contribution is 9.09. The van der Waals surface area contributed by atoms with Crippen LogP contribution < -0.4 is 0 Å². The van der Waals surface area contributed by atoms with E-state index in [2.05, 4.69) is 70.7 Å². The van der Waals surface area contributed by atoms with Crippen LogP contribution in [0, 0.1) is 0 Å². The number of nitrogens with zero attached hydrogens (tertiary/aromatic N) is 3. The molecule has 1 rings (SSSR count). The van der Waals surface area contributed by atoms with Crippen molar-refractivity contribution in [1.29, 1.82) is 0 Å². The summed E-state index contributed by atoms with van der Waals surface area (Å²) in [7, 11) is 2.13. The molecule has 0 bridgehead atoms. The highest BCUT2D eigenvalue weighted by Gasteiger charge is 2.10. The number of halogens is 1. The fourth-order valence-electron chi connectivity index (χ4n) is 2.10. The predicted molar refractivity (Wildman–Crippen MR) is 76.6 cm³/mol. The molecule has 98 valence electrons. The summed E-state index contributed by atoms with van der Waals surface area (Å²) >= 11 is 3.57. The first kappa shape index (κ1) is 14.7. The summed E-state index contributed by atoms with van der Waals surface area (Å²) < 4.78 is 2.11. The Morgan fingerprint density at radius 1 is 1.41 bits per heavy atom. The van der Waals surface area contributed by atoms with Crippen molar-refractivity contribution in [2.75, 3.05) is 13.6 Å². The monoisotopic (exact) mass is 301 g/mol. The van der Waals surface area contributed by atoms with Crippen LogP contribution in [0.5, 0.6) is 0 Å². The lowest BCUT2D eigenvalue weighted by atomic mass is 10.2. The van der Waals surface area contributed by atoms with Crippen molar-refractivity contribution < 1.29 is 0 Å². The van der Waals surface area contributed by atoms with Crippen LogP contribution in [0.25, 0.3) is 0 Å². The van der Waals surface area contributed by atoms with Gasteiger partial charge in [-0.05, 0) is 26.0 Å². The minimum absolute atomic E-state index is 0.522. The second-order valence-corrected chi connectivity index (χ2v) is 6.30. The van der Waals surface area contributed by atoms with Gasteiger partial charge in [0, 0.05) is 24.1 Å². The van der Waals surface area contributed by atoms with Crippen LogP contribution in [-0.4, -0.2) is 33.1 Å². The van der Waals surface area contributed by atoms with Gasteiger partial charge in [-0.2, -0.15) is 5.10 Å². The lowest BCUT2D eigenvalue weighted by Gasteiger charge is -2.17. The second kappa shape index (κ2) is 7.17. The van der Waals surface area contributed by atoms with Gasteiger partial charge >= 0.3 is 0 Å². The van der Waals surface area contributed by atoms with Gasteiger partial charge in [-0.3, -0.25) is 9.58 Å². The van der Waals surface area contributed by atoms with Crippen molar-refractivity contribution in [3.05, 3.63) is 18.0 Å². The molecule has 0 aliphatic carbocycles. The third-order valence-corrected chi connectivity index (χ3v) is 3.26. The van der Waals surface area contributed by atoms with Crippen molar-refractivity contribution in [2.24, 2.45) is 0 Å². The van der Waals surface area contributed by atoms with Crippen molar-refractivity contribution in [3.8, 4) is 0 Å². The van der Waals surface area contributed by atoms with Crippen LogP contribution in [0.15, 0.2) is 12.3 Å². The topological polar surface area (TPSA) is 21.1 Å². The molecule has 17 heavy (non-hydrogen) atoms. The van der Waals surface area contributed by atoms with Gasteiger partial charge in [-0.15, -0.1) is 0 Å². The Balaban J connectivity index is 2.56. The summed E-state index contributed by atoms with van der Waals surface area (Å²) in [5.74, 6) is 0. The maximum Gasteiger partial charge on any atom is 0.0764 e. The van der Waals surface area contributed by atoms with Crippen LogP contribution in [0.1, 0.15) is 45.3 Å². The molecule has 1 aromatic rings. The Morgan fingerprint density at radius 3 is 2.59 bits per heavy atom. The average Bonchev–Trinajstić information content (AvgIpc) is 2.67. The largest absolute Gasteiger partial charge is 0.299 e. The van der Waals surface area contributed by atoms with Gasteiger partial charge in [0.25, 0.3) is 0 Å². The molecule has 0 spiro atoms. The van der Waals surface area contributed by atoms with E-state index in [4.69, 9.17) is 0 Å². The first-order chi connectivity index (χ1) is 8.06. The van der Waals surface area contributed by atoms with Crippen molar-refractivity contribution in [1.82, 2.24) is 14.7 Å². The molecule has 1 aromatic heterocycles. The van der Waals surface area contributed by atoms with Gasteiger partial charge in [0.1, 0.15) is 0 Å². The highest BCUT2D eigenvalue weighted by Crippen LogP contribution is 2.15. The predicted octanol–water partition coefficient (Wildman–Crippen LogP) is 3.46. The quantitative estimate of drug-likeness (QED) is 0.719. The normalized spacial score (nSPS) is 13.6. The van der Waals surface area contributed by atoms with E-state index in [1.54, 1.807) is 0 Å². The SMILES string of the molecule is CCC(CC)n1ccc(CN(C)CC(C)Br)n1. The molecule has 0 aliphatic heterocycles. The van der Waals surface area contributed by atoms with Crippen LogP contribution in [0.2, 0.25) is 0 Å². The van der Waals surface area contributed by atoms with Crippen LogP contribution >= 0.6 is 15.9 Å². The van der Waals surface area contributed by atoms with Crippen molar-refractivity contribution in [2.45, 2.75) is 51.0 Å². The molecule has 0 saturated heterocycles. The first-order valence-electron chi connectivity index (χ1n) is 6.43. The molecule has 1 atom stereocenters. The average molecular weight is 302 g/mol. The summed E-state index contributed by atoms with van der Waals surface area (Å²) in [6.07, 6.45) is 4.40. The maximum absolute atomic E-state index is 4.66. The number of alkyl halides is 1. The van der Waals surface area contributed by atoms with Crippen molar-refractivity contribution >= 4 is 15.9 Å². The molecule has 3 nitrogen and oxygen atoms in total. The van der Waals surface area contributed by atoms with E-state index >= 15 is 0 Å². The molecule has 0 fully saturated rings.